The number of anilines is 1. The minimum absolute atomic E-state index is 0.558. The van der Waals surface area contributed by atoms with Gasteiger partial charge in [-0.15, -0.1) is 0 Å². The zero-order valence-electron chi connectivity index (χ0n) is 11.0. The smallest absolute Gasteiger partial charge is 0.328 e. The summed E-state index contributed by atoms with van der Waals surface area (Å²) in [4.78, 5) is 21.5. The third-order valence-electron chi connectivity index (χ3n) is 2.61. The number of carboxylic acids is 2. The Morgan fingerprint density at radius 3 is 1.95 bits per heavy atom. The number of aliphatic carboxylic acids is 2. The van der Waals surface area contributed by atoms with Crippen molar-refractivity contribution in [3.8, 4) is 0 Å². The molecule has 1 fully saturated rings. The topological polar surface area (TPSA) is 89.9 Å². The molecule has 1 aromatic rings. The van der Waals surface area contributed by atoms with Crippen LogP contribution in [0.15, 0.2) is 42.5 Å². The molecule has 0 spiro atoms. The van der Waals surface area contributed by atoms with E-state index in [-0.39, 0.29) is 0 Å². The van der Waals surface area contributed by atoms with E-state index in [1.54, 1.807) is 0 Å². The van der Waals surface area contributed by atoms with Crippen LogP contribution >= 0.6 is 0 Å². The van der Waals surface area contributed by atoms with E-state index in [0.29, 0.717) is 12.2 Å². The van der Waals surface area contributed by atoms with Gasteiger partial charge in [-0.1, -0.05) is 18.2 Å². The van der Waals surface area contributed by atoms with Crippen LogP contribution < -0.4 is 10.2 Å². The number of para-hydroxylation sites is 1. The van der Waals surface area contributed by atoms with Crippen molar-refractivity contribution in [3.63, 3.8) is 0 Å². The van der Waals surface area contributed by atoms with Crippen molar-refractivity contribution in [1.82, 2.24) is 5.32 Å². The second-order valence-electron chi connectivity index (χ2n) is 4.08. The first-order valence-electron chi connectivity index (χ1n) is 6.24. The summed E-state index contributed by atoms with van der Waals surface area (Å²) in [6.45, 7) is 4.47. The van der Waals surface area contributed by atoms with Gasteiger partial charge in [0.1, 0.15) is 0 Å². The third kappa shape index (κ3) is 6.55. The number of hydrogen-bond acceptors (Lipinski definition) is 4. The van der Waals surface area contributed by atoms with Crippen LogP contribution in [0.1, 0.15) is 0 Å². The van der Waals surface area contributed by atoms with Crippen molar-refractivity contribution >= 4 is 17.6 Å². The van der Waals surface area contributed by atoms with Crippen molar-refractivity contribution < 1.29 is 19.8 Å². The van der Waals surface area contributed by atoms with Crippen molar-refractivity contribution in [1.29, 1.82) is 0 Å². The molecule has 1 aromatic carbocycles. The molecule has 20 heavy (non-hydrogen) atoms. The zero-order chi connectivity index (χ0) is 14.8. The van der Waals surface area contributed by atoms with Crippen LogP contribution in [0.3, 0.4) is 0 Å². The molecular weight excluding hydrogens is 260 g/mol. The van der Waals surface area contributed by atoms with Gasteiger partial charge in [0.05, 0.1) is 0 Å². The van der Waals surface area contributed by atoms with Gasteiger partial charge in [-0.3, -0.25) is 0 Å². The lowest BCUT2D eigenvalue weighted by atomic mass is 10.2. The molecule has 6 nitrogen and oxygen atoms in total. The van der Waals surface area contributed by atoms with Crippen molar-refractivity contribution in [2.24, 2.45) is 0 Å². The van der Waals surface area contributed by atoms with Crippen LogP contribution in [0, 0.1) is 0 Å². The maximum absolute atomic E-state index is 9.55. The minimum Gasteiger partial charge on any atom is -0.478 e. The molecule has 0 aliphatic carbocycles. The summed E-state index contributed by atoms with van der Waals surface area (Å²) < 4.78 is 0. The molecule has 1 aliphatic heterocycles. The summed E-state index contributed by atoms with van der Waals surface area (Å²) in [6, 6.07) is 10.6. The van der Waals surface area contributed by atoms with Gasteiger partial charge in [0, 0.05) is 44.0 Å². The first-order chi connectivity index (χ1) is 9.59. The Labute approximate surface area is 117 Å². The summed E-state index contributed by atoms with van der Waals surface area (Å²) >= 11 is 0. The fourth-order valence-electron chi connectivity index (χ4n) is 1.70. The van der Waals surface area contributed by atoms with Crippen LogP contribution in [0.4, 0.5) is 5.69 Å². The molecule has 2 rings (SSSR count). The predicted octanol–water partition coefficient (Wildman–Crippen LogP) is 0.808. The lowest BCUT2D eigenvalue weighted by molar-refractivity contribution is -0.134. The quantitative estimate of drug-likeness (QED) is 0.709. The van der Waals surface area contributed by atoms with Gasteiger partial charge in [0.2, 0.25) is 0 Å². The standard InChI is InChI=1S/C10H14N2.C4H4O4/c1-2-4-10(5-3-1)12-8-6-11-7-9-12;5-3(6)1-2-4(7)8/h1-5,11H,6-9H2;1-2H,(H,5,6)(H,7,8)/b;2-1-. The van der Waals surface area contributed by atoms with E-state index in [0.717, 1.165) is 26.2 Å². The lowest BCUT2D eigenvalue weighted by Gasteiger charge is -2.29. The SMILES string of the molecule is O=C(O)/C=C\C(=O)O.c1ccc(N2CCNCC2)cc1. The molecule has 0 unspecified atom stereocenters. The van der Waals surface area contributed by atoms with Crippen LogP contribution in [0.2, 0.25) is 0 Å². The third-order valence-corrected chi connectivity index (χ3v) is 2.61. The zero-order valence-corrected chi connectivity index (χ0v) is 11.0. The number of nitrogens with one attached hydrogen (secondary N) is 1. The number of benzene rings is 1. The van der Waals surface area contributed by atoms with Gasteiger partial charge >= 0.3 is 11.9 Å². The van der Waals surface area contributed by atoms with E-state index < -0.39 is 11.9 Å². The van der Waals surface area contributed by atoms with Gasteiger partial charge in [0.15, 0.2) is 0 Å². The fourth-order valence-corrected chi connectivity index (χ4v) is 1.70. The monoisotopic (exact) mass is 278 g/mol. The van der Waals surface area contributed by atoms with E-state index in [1.807, 2.05) is 0 Å². The van der Waals surface area contributed by atoms with Gasteiger partial charge in [-0.2, -0.15) is 0 Å². The van der Waals surface area contributed by atoms with E-state index in [4.69, 9.17) is 10.2 Å². The maximum Gasteiger partial charge on any atom is 0.328 e. The highest BCUT2D eigenvalue weighted by atomic mass is 16.4. The van der Waals surface area contributed by atoms with Crippen LogP contribution in [0.25, 0.3) is 0 Å². The fraction of sp³-hybridized carbons (Fsp3) is 0.286. The van der Waals surface area contributed by atoms with E-state index >= 15 is 0 Å². The van der Waals surface area contributed by atoms with Gasteiger partial charge in [0.25, 0.3) is 0 Å². The average molecular weight is 278 g/mol. The summed E-state index contributed by atoms with van der Waals surface area (Å²) in [6.07, 6.45) is 1.12. The minimum atomic E-state index is -1.26. The molecular formula is C14H18N2O4. The Hall–Kier alpha value is -2.34. The Bertz CT molecular complexity index is 438. The maximum atomic E-state index is 9.55. The molecule has 0 amide bonds. The highest BCUT2D eigenvalue weighted by molar-refractivity contribution is 5.89. The largest absolute Gasteiger partial charge is 0.478 e. The van der Waals surface area contributed by atoms with Crippen LogP contribution in [0.5, 0.6) is 0 Å². The first-order valence-corrected chi connectivity index (χ1v) is 6.24. The molecule has 6 heteroatoms. The molecule has 1 saturated heterocycles. The summed E-state index contributed by atoms with van der Waals surface area (Å²) in [5.74, 6) is -2.51. The summed E-state index contributed by atoms with van der Waals surface area (Å²) in [5, 5.41) is 19.0. The molecule has 0 bridgehead atoms. The number of hydrogen-bond donors (Lipinski definition) is 3. The van der Waals surface area contributed by atoms with Crippen LogP contribution in [-0.2, 0) is 9.59 Å². The van der Waals surface area contributed by atoms with E-state index in [1.165, 1.54) is 5.69 Å². The average Bonchev–Trinajstić information content (AvgIpc) is 2.48. The second-order valence-corrected chi connectivity index (χ2v) is 4.08. The Morgan fingerprint density at radius 1 is 1.00 bits per heavy atom. The molecule has 0 atom stereocenters. The van der Waals surface area contributed by atoms with Crippen LogP contribution in [-0.4, -0.2) is 48.3 Å². The number of rotatable bonds is 3. The first kappa shape index (κ1) is 15.7. The Kier molecular flexibility index (Phi) is 6.84. The molecule has 0 saturated carbocycles. The molecule has 108 valence electrons. The van der Waals surface area contributed by atoms with Gasteiger partial charge < -0.3 is 20.4 Å². The highest BCUT2D eigenvalue weighted by Gasteiger charge is 2.08. The summed E-state index contributed by atoms with van der Waals surface area (Å²) in [5.41, 5.74) is 1.35. The normalized spacial score (nSPS) is 14.5. The molecule has 0 radical (unpaired) electrons. The number of carbonyl (C=O) groups is 2. The number of nitrogens with zero attached hydrogens (tertiary/aromatic N) is 1. The predicted molar refractivity (Wildman–Crippen MR) is 75.9 cm³/mol. The molecule has 3 N–H and O–H groups in total. The van der Waals surface area contributed by atoms with E-state index in [9.17, 15) is 9.59 Å². The van der Waals surface area contributed by atoms with E-state index in [2.05, 4.69) is 40.5 Å². The van der Waals surface area contributed by atoms with Gasteiger partial charge in [-0.05, 0) is 12.1 Å². The second kappa shape index (κ2) is 8.71. The number of piperazine rings is 1. The van der Waals surface area contributed by atoms with Crippen molar-refractivity contribution in [2.75, 3.05) is 31.1 Å². The highest BCUT2D eigenvalue weighted by Crippen LogP contribution is 2.12. The van der Waals surface area contributed by atoms with Crippen molar-refractivity contribution in [2.45, 2.75) is 0 Å². The lowest BCUT2D eigenvalue weighted by Crippen LogP contribution is -2.43. The Balaban J connectivity index is 0.000000221. The Morgan fingerprint density at radius 2 is 1.50 bits per heavy atom. The molecule has 0 aromatic heterocycles. The molecule has 1 heterocycles. The molecule has 1 aliphatic rings. The number of carboxylic acid groups (broad SMARTS) is 2. The van der Waals surface area contributed by atoms with Crippen molar-refractivity contribution in [3.05, 3.63) is 42.5 Å². The summed E-state index contributed by atoms with van der Waals surface area (Å²) in [7, 11) is 0. The van der Waals surface area contributed by atoms with Gasteiger partial charge in [-0.25, -0.2) is 9.59 Å².